The van der Waals surface area contributed by atoms with Crippen molar-refractivity contribution in [1.82, 2.24) is 0 Å². The third kappa shape index (κ3) is 3.54. The standard InChI is InChI=1S/C22H26O10/c1-8-9(2)30-12-5-10-4-11(24)6-13(15(10)18(26)16(12)17(8)25)31-22-20(28)19(27)21(29-3)14(7-23)32-22/h4-6,8-9,14,19-24,26-28H,7H2,1-3H3/t8-,9+,14-,19-,20-,21-,22+/m1/s1. The van der Waals surface area contributed by atoms with Crippen LogP contribution in [0.5, 0.6) is 23.0 Å². The summed E-state index contributed by atoms with van der Waals surface area (Å²) in [5.41, 5.74) is -0.00327. The van der Waals surface area contributed by atoms with Gasteiger partial charge in [-0.25, -0.2) is 0 Å². The minimum atomic E-state index is -1.56. The van der Waals surface area contributed by atoms with Crippen molar-refractivity contribution in [1.29, 1.82) is 0 Å². The van der Waals surface area contributed by atoms with Gasteiger partial charge in [-0.2, -0.15) is 0 Å². The fraction of sp³-hybridized carbons (Fsp3) is 0.500. The molecule has 2 aromatic carbocycles. The Balaban J connectivity index is 1.79. The second-order valence-electron chi connectivity index (χ2n) is 8.14. The zero-order chi connectivity index (χ0) is 23.3. The van der Waals surface area contributed by atoms with Crippen molar-refractivity contribution in [2.75, 3.05) is 13.7 Å². The molecule has 2 aliphatic heterocycles. The van der Waals surface area contributed by atoms with E-state index in [-0.39, 0.29) is 34.0 Å². The summed E-state index contributed by atoms with van der Waals surface area (Å²) >= 11 is 0. The van der Waals surface area contributed by atoms with Gasteiger partial charge in [0.25, 0.3) is 0 Å². The van der Waals surface area contributed by atoms with E-state index < -0.39 is 55.1 Å². The normalized spacial score (nSPS) is 32.4. The molecule has 32 heavy (non-hydrogen) atoms. The number of Topliss-reactive ketones (excluding diaryl/α,β-unsaturated/α-hetero) is 1. The van der Waals surface area contributed by atoms with Gasteiger partial charge in [0, 0.05) is 13.2 Å². The van der Waals surface area contributed by atoms with Gasteiger partial charge in [-0.05, 0) is 24.4 Å². The van der Waals surface area contributed by atoms with Crippen molar-refractivity contribution in [3.8, 4) is 23.0 Å². The van der Waals surface area contributed by atoms with Crippen LogP contribution in [0.25, 0.3) is 10.8 Å². The Morgan fingerprint density at radius 2 is 1.81 bits per heavy atom. The van der Waals surface area contributed by atoms with Crippen LogP contribution in [0.4, 0.5) is 0 Å². The largest absolute Gasteiger partial charge is 0.508 e. The molecule has 2 aliphatic rings. The number of ketones is 1. The number of ether oxygens (including phenoxy) is 4. The summed E-state index contributed by atoms with van der Waals surface area (Å²) in [7, 11) is 1.30. The van der Waals surface area contributed by atoms with Crippen LogP contribution in [0.15, 0.2) is 18.2 Å². The first kappa shape index (κ1) is 22.6. The van der Waals surface area contributed by atoms with E-state index in [1.165, 1.54) is 25.3 Å². The van der Waals surface area contributed by atoms with Gasteiger partial charge in [0.05, 0.1) is 17.9 Å². The van der Waals surface area contributed by atoms with Crippen molar-refractivity contribution >= 4 is 16.6 Å². The van der Waals surface area contributed by atoms with Crippen molar-refractivity contribution in [3.05, 3.63) is 23.8 Å². The van der Waals surface area contributed by atoms with Crippen LogP contribution < -0.4 is 9.47 Å². The summed E-state index contributed by atoms with van der Waals surface area (Å²) in [6, 6.07) is 4.07. The van der Waals surface area contributed by atoms with Gasteiger partial charge in [-0.15, -0.1) is 0 Å². The summed E-state index contributed by atoms with van der Waals surface area (Å²) in [4.78, 5) is 12.8. The second kappa shape index (κ2) is 8.38. The fourth-order valence-corrected chi connectivity index (χ4v) is 4.18. The predicted octanol–water partition coefficient (Wildman–Crippen LogP) is 0.683. The number of fused-ring (bicyclic) bond motifs is 2. The molecule has 5 N–H and O–H groups in total. The van der Waals surface area contributed by atoms with E-state index in [0.29, 0.717) is 5.39 Å². The van der Waals surface area contributed by atoms with Crippen LogP contribution in [0, 0.1) is 5.92 Å². The maximum Gasteiger partial charge on any atom is 0.229 e. The lowest BCUT2D eigenvalue weighted by Gasteiger charge is -2.41. The molecule has 174 valence electrons. The van der Waals surface area contributed by atoms with E-state index in [9.17, 15) is 30.3 Å². The molecule has 0 radical (unpaired) electrons. The van der Waals surface area contributed by atoms with Crippen LogP contribution in [-0.4, -0.2) is 81.8 Å². The molecule has 10 nitrogen and oxygen atoms in total. The maximum absolute atomic E-state index is 12.8. The number of carbonyl (C=O) groups is 1. The molecular formula is C22H26O10. The van der Waals surface area contributed by atoms with E-state index in [1.54, 1.807) is 13.8 Å². The Morgan fingerprint density at radius 1 is 1.09 bits per heavy atom. The van der Waals surface area contributed by atoms with Crippen molar-refractivity contribution < 1.29 is 49.3 Å². The van der Waals surface area contributed by atoms with Gasteiger partial charge >= 0.3 is 0 Å². The molecule has 0 spiro atoms. The lowest BCUT2D eigenvalue weighted by molar-refractivity contribution is -0.281. The van der Waals surface area contributed by atoms with Crippen LogP contribution >= 0.6 is 0 Å². The number of carbonyl (C=O) groups excluding carboxylic acids is 1. The minimum absolute atomic E-state index is 0.00327. The predicted molar refractivity (Wildman–Crippen MR) is 110 cm³/mol. The number of aliphatic hydroxyl groups excluding tert-OH is 3. The summed E-state index contributed by atoms with van der Waals surface area (Å²) in [6.07, 6.45) is -6.83. The number of hydrogen-bond acceptors (Lipinski definition) is 10. The van der Waals surface area contributed by atoms with Gasteiger partial charge < -0.3 is 44.5 Å². The number of phenols is 2. The van der Waals surface area contributed by atoms with E-state index >= 15 is 0 Å². The molecule has 0 amide bonds. The molecule has 0 unspecified atom stereocenters. The number of rotatable bonds is 4. The third-order valence-corrected chi connectivity index (χ3v) is 6.14. The Hall–Kier alpha value is -2.63. The molecule has 2 aromatic rings. The third-order valence-electron chi connectivity index (χ3n) is 6.14. The lowest BCUT2D eigenvalue weighted by atomic mass is 9.89. The van der Waals surface area contributed by atoms with Crippen molar-refractivity contribution in [2.45, 2.75) is 50.7 Å². The average Bonchev–Trinajstić information content (AvgIpc) is 2.74. The Kier molecular flexibility index (Phi) is 5.91. The molecule has 0 saturated carbocycles. The topological polar surface area (TPSA) is 155 Å². The molecule has 0 aromatic heterocycles. The first-order valence-corrected chi connectivity index (χ1v) is 10.2. The quantitative estimate of drug-likeness (QED) is 0.449. The van der Waals surface area contributed by atoms with Crippen molar-refractivity contribution in [3.63, 3.8) is 0 Å². The van der Waals surface area contributed by atoms with Gasteiger partial charge in [-0.3, -0.25) is 4.79 Å². The van der Waals surface area contributed by atoms with Crippen LogP contribution in [0.2, 0.25) is 0 Å². The van der Waals surface area contributed by atoms with E-state index in [4.69, 9.17) is 18.9 Å². The first-order chi connectivity index (χ1) is 15.2. The zero-order valence-corrected chi connectivity index (χ0v) is 17.8. The van der Waals surface area contributed by atoms with Gasteiger partial charge in [-0.1, -0.05) is 6.92 Å². The van der Waals surface area contributed by atoms with E-state index in [0.717, 1.165) is 0 Å². The van der Waals surface area contributed by atoms with Crippen LogP contribution in [0.3, 0.4) is 0 Å². The molecular weight excluding hydrogens is 424 g/mol. The Morgan fingerprint density at radius 3 is 2.47 bits per heavy atom. The van der Waals surface area contributed by atoms with Gasteiger partial charge in [0.2, 0.25) is 6.29 Å². The van der Waals surface area contributed by atoms with Crippen molar-refractivity contribution in [2.24, 2.45) is 5.92 Å². The van der Waals surface area contributed by atoms with Gasteiger partial charge in [0.1, 0.15) is 59.1 Å². The van der Waals surface area contributed by atoms with E-state index in [2.05, 4.69) is 0 Å². The van der Waals surface area contributed by atoms with Gasteiger partial charge in [0.15, 0.2) is 5.78 Å². The zero-order valence-electron chi connectivity index (χ0n) is 17.8. The molecule has 7 atom stereocenters. The monoisotopic (exact) mass is 450 g/mol. The number of hydrogen-bond donors (Lipinski definition) is 5. The molecule has 1 fully saturated rings. The minimum Gasteiger partial charge on any atom is -0.508 e. The molecule has 10 heteroatoms. The Bertz CT molecular complexity index is 1040. The number of phenolic OH excluding ortho intramolecular Hbond substituents is 2. The summed E-state index contributed by atoms with van der Waals surface area (Å²) in [6.45, 7) is 2.94. The average molecular weight is 450 g/mol. The molecule has 2 heterocycles. The number of aliphatic hydroxyl groups is 3. The molecule has 0 bridgehead atoms. The fourth-order valence-electron chi connectivity index (χ4n) is 4.18. The van der Waals surface area contributed by atoms with Crippen LogP contribution in [0.1, 0.15) is 24.2 Å². The highest BCUT2D eigenvalue weighted by atomic mass is 16.7. The first-order valence-electron chi connectivity index (χ1n) is 10.2. The van der Waals surface area contributed by atoms with E-state index in [1.807, 2.05) is 0 Å². The molecule has 4 rings (SSSR count). The Labute approximate surface area is 183 Å². The summed E-state index contributed by atoms with van der Waals surface area (Å²) < 4.78 is 22.2. The lowest BCUT2D eigenvalue weighted by Crippen LogP contribution is -2.60. The highest BCUT2D eigenvalue weighted by molar-refractivity contribution is 6.10. The summed E-state index contributed by atoms with van der Waals surface area (Å²) in [5, 5.41) is 52.0. The number of aromatic hydroxyl groups is 2. The number of methoxy groups -OCH3 is 1. The highest BCUT2D eigenvalue weighted by Gasteiger charge is 2.46. The second-order valence-corrected chi connectivity index (χ2v) is 8.14. The maximum atomic E-state index is 12.8. The summed E-state index contributed by atoms with van der Waals surface area (Å²) in [5.74, 6) is -1.30. The number of benzene rings is 2. The molecule has 1 saturated heterocycles. The van der Waals surface area contributed by atoms with Crippen LogP contribution in [-0.2, 0) is 9.47 Å². The highest BCUT2D eigenvalue weighted by Crippen LogP contribution is 2.46. The SMILES string of the molecule is CO[C@H]1[C@H](O)[C@@H](O)[C@@H](Oc2cc(O)cc3cc4c(c(O)c23)C(=O)[C@H](C)[C@H](C)O4)O[C@@H]1CO. The molecule has 0 aliphatic carbocycles. The smallest absolute Gasteiger partial charge is 0.229 e.